The van der Waals surface area contributed by atoms with Crippen LogP contribution in [-0.4, -0.2) is 40.6 Å². The Hall–Kier alpha value is -2.99. The highest BCUT2D eigenvalue weighted by Crippen LogP contribution is 2.31. The molecule has 5 rings (SSSR count). The SMILES string of the molecule is O=C(CC1CCC1)NC(CCN1CCC(c2nc(-c3ccccc3)no2)CC1)c1ccccc1. The van der Waals surface area contributed by atoms with Crippen molar-refractivity contribution in [2.75, 3.05) is 19.6 Å². The van der Waals surface area contributed by atoms with Gasteiger partial charge in [0.25, 0.3) is 0 Å². The van der Waals surface area contributed by atoms with E-state index in [-0.39, 0.29) is 11.9 Å². The molecule has 1 aromatic heterocycles. The van der Waals surface area contributed by atoms with E-state index < -0.39 is 0 Å². The van der Waals surface area contributed by atoms with Crippen LogP contribution in [0.1, 0.15) is 68.4 Å². The van der Waals surface area contributed by atoms with Gasteiger partial charge >= 0.3 is 0 Å². The molecule has 0 spiro atoms. The van der Waals surface area contributed by atoms with E-state index in [1.54, 1.807) is 0 Å². The predicted molar refractivity (Wildman–Crippen MR) is 132 cm³/mol. The van der Waals surface area contributed by atoms with Gasteiger partial charge in [-0.1, -0.05) is 72.2 Å². The average molecular weight is 459 g/mol. The van der Waals surface area contributed by atoms with Crippen LogP contribution in [0.25, 0.3) is 11.4 Å². The molecule has 0 bridgehead atoms. The lowest BCUT2D eigenvalue weighted by Gasteiger charge is -2.32. The van der Waals surface area contributed by atoms with Crippen LogP contribution in [0.2, 0.25) is 0 Å². The van der Waals surface area contributed by atoms with E-state index in [1.807, 2.05) is 36.4 Å². The molecule has 0 radical (unpaired) electrons. The van der Waals surface area contributed by atoms with E-state index in [0.29, 0.717) is 24.1 Å². The van der Waals surface area contributed by atoms with Crippen molar-refractivity contribution in [1.29, 1.82) is 0 Å². The Balaban J connectivity index is 1.13. The molecule has 178 valence electrons. The van der Waals surface area contributed by atoms with Gasteiger partial charge in [0, 0.05) is 24.4 Å². The van der Waals surface area contributed by atoms with Crippen molar-refractivity contribution in [3.05, 3.63) is 72.1 Å². The normalized spacial score (nSPS) is 18.4. The first-order valence-corrected chi connectivity index (χ1v) is 12.7. The molecule has 2 heterocycles. The second-order valence-electron chi connectivity index (χ2n) is 9.76. The molecule has 2 fully saturated rings. The van der Waals surface area contributed by atoms with Gasteiger partial charge in [-0.3, -0.25) is 4.79 Å². The van der Waals surface area contributed by atoms with Crippen molar-refractivity contribution in [2.45, 2.75) is 56.9 Å². The molecule has 1 amide bonds. The summed E-state index contributed by atoms with van der Waals surface area (Å²) in [6, 6.07) is 20.4. The van der Waals surface area contributed by atoms with Crippen LogP contribution in [0.4, 0.5) is 0 Å². The summed E-state index contributed by atoms with van der Waals surface area (Å²) in [7, 11) is 0. The second-order valence-corrected chi connectivity index (χ2v) is 9.76. The molecule has 1 aliphatic carbocycles. The first-order chi connectivity index (χ1) is 16.7. The molecule has 1 unspecified atom stereocenters. The molecule has 6 heteroatoms. The Kier molecular flexibility index (Phi) is 7.34. The van der Waals surface area contributed by atoms with Gasteiger partial charge in [0.05, 0.1) is 6.04 Å². The van der Waals surface area contributed by atoms with Crippen molar-refractivity contribution in [2.24, 2.45) is 5.92 Å². The molecule has 2 aliphatic rings. The fourth-order valence-electron chi connectivity index (χ4n) is 5.04. The lowest BCUT2D eigenvalue weighted by Crippen LogP contribution is -2.37. The minimum Gasteiger partial charge on any atom is -0.349 e. The summed E-state index contributed by atoms with van der Waals surface area (Å²) in [4.78, 5) is 19.8. The van der Waals surface area contributed by atoms with Crippen molar-refractivity contribution in [3.63, 3.8) is 0 Å². The maximum absolute atomic E-state index is 12.6. The van der Waals surface area contributed by atoms with Gasteiger partial charge in [-0.05, 0) is 56.7 Å². The van der Waals surface area contributed by atoms with Crippen molar-refractivity contribution >= 4 is 5.91 Å². The molecule has 34 heavy (non-hydrogen) atoms. The number of hydrogen-bond acceptors (Lipinski definition) is 5. The maximum atomic E-state index is 12.6. The minimum absolute atomic E-state index is 0.0656. The smallest absolute Gasteiger partial charge is 0.230 e. The summed E-state index contributed by atoms with van der Waals surface area (Å²) in [5.41, 5.74) is 2.18. The van der Waals surface area contributed by atoms with Gasteiger partial charge in [-0.15, -0.1) is 0 Å². The summed E-state index contributed by atoms with van der Waals surface area (Å²) in [6.07, 6.45) is 7.29. The van der Waals surface area contributed by atoms with Crippen LogP contribution in [0, 0.1) is 5.92 Å². The zero-order valence-electron chi connectivity index (χ0n) is 19.7. The lowest BCUT2D eigenvalue weighted by molar-refractivity contribution is -0.123. The summed E-state index contributed by atoms with van der Waals surface area (Å²) in [6.45, 7) is 2.98. The highest BCUT2D eigenvalue weighted by Gasteiger charge is 2.27. The molecular weight excluding hydrogens is 424 g/mol. The predicted octanol–water partition coefficient (Wildman–Crippen LogP) is 5.35. The third-order valence-electron chi connectivity index (χ3n) is 7.38. The second kappa shape index (κ2) is 11.0. The number of nitrogens with one attached hydrogen (secondary N) is 1. The number of amides is 1. The van der Waals surface area contributed by atoms with Crippen LogP contribution < -0.4 is 5.32 Å². The van der Waals surface area contributed by atoms with Crippen LogP contribution >= 0.6 is 0 Å². The number of rotatable bonds is 9. The number of piperidine rings is 1. The Morgan fingerprint density at radius 2 is 1.71 bits per heavy atom. The van der Waals surface area contributed by atoms with Crippen LogP contribution in [0.5, 0.6) is 0 Å². The molecule has 1 N–H and O–H groups in total. The Morgan fingerprint density at radius 1 is 1.00 bits per heavy atom. The van der Waals surface area contributed by atoms with Gasteiger partial charge in [0.15, 0.2) is 0 Å². The number of nitrogens with zero attached hydrogens (tertiary/aromatic N) is 3. The largest absolute Gasteiger partial charge is 0.349 e. The zero-order valence-corrected chi connectivity index (χ0v) is 19.7. The summed E-state index contributed by atoms with van der Waals surface area (Å²) >= 11 is 0. The minimum atomic E-state index is 0.0656. The van der Waals surface area contributed by atoms with E-state index in [1.165, 1.54) is 24.8 Å². The topological polar surface area (TPSA) is 71.3 Å². The fraction of sp³-hybridized carbons (Fsp3) is 0.464. The fourth-order valence-corrected chi connectivity index (χ4v) is 5.04. The lowest BCUT2D eigenvalue weighted by atomic mass is 9.83. The molecule has 1 saturated carbocycles. The van der Waals surface area contributed by atoms with Crippen molar-refractivity contribution in [3.8, 4) is 11.4 Å². The molecule has 1 atom stereocenters. The number of benzene rings is 2. The molecule has 1 saturated heterocycles. The maximum Gasteiger partial charge on any atom is 0.230 e. The van der Waals surface area contributed by atoms with Gasteiger partial charge in [0.1, 0.15) is 0 Å². The molecule has 2 aromatic carbocycles. The quantitative estimate of drug-likeness (QED) is 0.468. The molecular formula is C28H34N4O2. The zero-order chi connectivity index (χ0) is 23.2. The van der Waals surface area contributed by atoms with E-state index in [4.69, 9.17) is 4.52 Å². The first-order valence-electron chi connectivity index (χ1n) is 12.7. The number of likely N-dealkylation sites (tertiary alicyclic amines) is 1. The van der Waals surface area contributed by atoms with E-state index in [2.05, 4.69) is 44.6 Å². The van der Waals surface area contributed by atoms with Crippen molar-refractivity contribution in [1.82, 2.24) is 20.4 Å². The van der Waals surface area contributed by atoms with Gasteiger partial charge in [0.2, 0.25) is 17.6 Å². The van der Waals surface area contributed by atoms with Crippen LogP contribution in [0.3, 0.4) is 0 Å². The Bertz CT molecular complexity index is 1040. The molecule has 1 aliphatic heterocycles. The van der Waals surface area contributed by atoms with E-state index in [0.717, 1.165) is 50.4 Å². The summed E-state index contributed by atoms with van der Waals surface area (Å²) in [5.74, 6) is 2.52. The Morgan fingerprint density at radius 3 is 2.38 bits per heavy atom. The third-order valence-corrected chi connectivity index (χ3v) is 7.38. The summed E-state index contributed by atoms with van der Waals surface area (Å²) in [5, 5.41) is 7.52. The number of carbonyl (C=O) groups is 1. The van der Waals surface area contributed by atoms with Crippen LogP contribution in [0.15, 0.2) is 65.2 Å². The third kappa shape index (κ3) is 5.73. The van der Waals surface area contributed by atoms with Gasteiger partial charge in [-0.25, -0.2) is 0 Å². The van der Waals surface area contributed by atoms with E-state index in [9.17, 15) is 4.79 Å². The van der Waals surface area contributed by atoms with Crippen molar-refractivity contribution < 1.29 is 9.32 Å². The van der Waals surface area contributed by atoms with Gasteiger partial charge < -0.3 is 14.7 Å². The number of hydrogen-bond donors (Lipinski definition) is 1. The molecule has 3 aromatic rings. The van der Waals surface area contributed by atoms with Crippen LogP contribution in [-0.2, 0) is 4.79 Å². The summed E-state index contributed by atoms with van der Waals surface area (Å²) < 4.78 is 5.61. The Labute approximate surface area is 201 Å². The number of aromatic nitrogens is 2. The highest BCUT2D eigenvalue weighted by molar-refractivity contribution is 5.76. The standard InChI is InChI=1S/C28H34N4O2/c33-26(20-21-8-7-9-21)29-25(22-10-3-1-4-11-22)16-19-32-17-14-24(15-18-32)28-30-27(31-34-28)23-12-5-2-6-13-23/h1-6,10-13,21,24-25H,7-9,14-20H2,(H,29,33). The monoisotopic (exact) mass is 458 g/mol. The van der Waals surface area contributed by atoms with E-state index >= 15 is 0 Å². The molecule has 6 nitrogen and oxygen atoms in total. The van der Waals surface area contributed by atoms with Gasteiger partial charge in [-0.2, -0.15) is 4.98 Å². The first kappa shape index (κ1) is 22.8. The number of carbonyl (C=O) groups excluding carboxylic acids is 1. The highest BCUT2D eigenvalue weighted by atomic mass is 16.5. The average Bonchev–Trinajstić information content (AvgIpc) is 3.36.